The number of benzene rings is 3. The van der Waals surface area contributed by atoms with E-state index < -0.39 is 5.97 Å². The summed E-state index contributed by atoms with van der Waals surface area (Å²) in [6.07, 6.45) is 0. The van der Waals surface area contributed by atoms with Crippen molar-refractivity contribution in [3.63, 3.8) is 0 Å². The van der Waals surface area contributed by atoms with Gasteiger partial charge in [0.1, 0.15) is 5.75 Å². The summed E-state index contributed by atoms with van der Waals surface area (Å²) in [5.41, 5.74) is 0.633. The van der Waals surface area contributed by atoms with Gasteiger partial charge in [0.25, 0.3) is 0 Å². The number of aromatic carboxylic acids is 1. The van der Waals surface area contributed by atoms with Crippen molar-refractivity contribution in [1.29, 1.82) is 0 Å². The van der Waals surface area contributed by atoms with Crippen LogP contribution in [0.5, 0.6) is 5.75 Å². The Morgan fingerprint density at radius 3 is 2.26 bits per heavy atom. The largest absolute Gasteiger partial charge is 0.497 e. The standard InChI is InChI=1S/C19H14O4/c1-23-14-9-6-13(7-10-14)18(20)16-11-8-12-4-2-3-5-15(12)17(16)19(21)22/h2-11H,1H3,(H,21,22). The molecule has 1 N–H and O–H groups in total. The second-order valence-electron chi connectivity index (χ2n) is 5.07. The minimum atomic E-state index is -1.11. The van der Waals surface area contributed by atoms with Crippen molar-refractivity contribution in [2.24, 2.45) is 0 Å². The molecule has 0 aliphatic heterocycles. The maximum atomic E-state index is 12.7. The van der Waals surface area contributed by atoms with Gasteiger partial charge in [-0.3, -0.25) is 4.79 Å². The highest BCUT2D eigenvalue weighted by Gasteiger charge is 2.20. The first-order valence-corrected chi connectivity index (χ1v) is 7.05. The van der Waals surface area contributed by atoms with E-state index in [1.54, 1.807) is 55.6 Å². The maximum absolute atomic E-state index is 12.7. The summed E-state index contributed by atoms with van der Waals surface area (Å²) in [4.78, 5) is 24.4. The molecule has 0 aliphatic rings. The van der Waals surface area contributed by atoms with Crippen molar-refractivity contribution in [2.75, 3.05) is 7.11 Å². The average molecular weight is 306 g/mol. The fourth-order valence-electron chi connectivity index (χ4n) is 2.59. The van der Waals surface area contributed by atoms with E-state index >= 15 is 0 Å². The Bertz CT molecular complexity index is 895. The number of fused-ring (bicyclic) bond motifs is 1. The Morgan fingerprint density at radius 2 is 1.61 bits per heavy atom. The first-order valence-electron chi connectivity index (χ1n) is 7.05. The van der Waals surface area contributed by atoms with E-state index in [-0.39, 0.29) is 16.9 Å². The average Bonchev–Trinajstić information content (AvgIpc) is 2.60. The van der Waals surface area contributed by atoms with Crippen molar-refractivity contribution >= 4 is 22.5 Å². The third-order valence-electron chi connectivity index (χ3n) is 3.74. The van der Waals surface area contributed by atoms with E-state index in [0.717, 1.165) is 5.39 Å². The van der Waals surface area contributed by atoms with Gasteiger partial charge in [-0.05, 0) is 41.1 Å². The van der Waals surface area contributed by atoms with Crippen LogP contribution in [-0.4, -0.2) is 24.0 Å². The first kappa shape index (κ1) is 14.8. The third-order valence-corrected chi connectivity index (χ3v) is 3.74. The summed E-state index contributed by atoms with van der Waals surface area (Å²) < 4.78 is 5.07. The predicted molar refractivity (Wildman–Crippen MR) is 87.3 cm³/mol. The number of methoxy groups -OCH3 is 1. The highest BCUT2D eigenvalue weighted by atomic mass is 16.5. The molecule has 3 rings (SSSR count). The SMILES string of the molecule is COc1ccc(C(=O)c2ccc3ccccc3c2C(=O)O)cc1. The van der Waals surface area contributed by atoms with Crippen LogP contribution in [0.1, 0.15) is 26.3 Å². The third kappa shape index (κ3) is 2.66. The second-order valence-corrected chi connectivity index (χ2v) is 5.07. The zero-order valence-corrected chi connectivity index (χ0v) is 12.4. The molecule has 3 aromatic carbocycles. The number of hydrogen-bond acceptors (Lipinski definition) is 3. The van der Waals surface area contributed by atoms with Gasteiger partial charge >= 0.3 is 5.97 Å². The molecule has 0 aromatic heterocycles. The van der Waals surface area contributed by atoms with Gasteiger partial charge in [0.15, 0.2) is 5.78 Å². The lowest BCUT2D eigenvalue weighted by Crippen LogP contribution is -2.10. The smallest absolute Gasteiger partial charge is 0.337 e. The van der Waals surface area contributed by atoms with Crippen molar-refractivity contribution in [2.45, 2.75) is 0 Å². The maximum Gasteiger partial charge on any atom is 0.337 e. The highest BCUT2D eigenvalue weighted by molar-refractivity contribution is 6.18. The fourth-order valence-corrected chi connectivity index (χ4v) is 2.59. The van der Waals surface area contributed by atoms with Gasteiger partial charge in [0.2, 0.25) is 0 Å². The summed E-state index contributed by atoms with van der Waals surface area (Å²) in [6, 6.07) is 17.1. The molecule has 0 radical (unpaired) electrons. The number of carbonyl (C=O) groups excluding carboxylic acids is 1. The minimum absolute atomic E-state index is 0.0314. The van der Waals surface area contributed by atoms with Gasteiger partial charge in [0.05, 0.1) is 12.7 Å². The second kappa shape index (κ2) is 5.93. The molecule has 0 spiro atoms. The van der Waals surface area contributed by atoms with Crippen molar-refractivity contribution in [3.05, 3.63) is 77.4 Å². The van der Waals surface area contributed by atoms with Crippen LogP contribution in [0.3, 0.4) is 0 Å². The number of carbonyl (C=O) groups is 2. The first-order chi connectivity index (χ1) is 11.1. The molecule has 0 saturated carbocycles. The fraction of sp³-hybridized carbons (Fsp3) is 0.0526. The molecule has 4 nitrogen and oxygen atoms in total. The lowest BCUT2D eigenvalue weighted by molar-refractivity contribution is 0.0695. The summed E-state index contributed by atoms with van der Waals surface area (Å²) in [7, 11) is 1.54. The zero-order chi connectivity index (χ0) is 16.4. The van der Waals surface area contributed by atoms with Crippen LogP contribution in [-0.2, 0) is 0 Å². The quantitative estimate of drug-likeness (QED) is 0.745. The van der Waals surface area contributed by atoms with E-state index in [1.807, 2.05) is 12.1 Å². The Labute approximate surface area is 132 Å². The Hall–Kier alpha value is -3.14. The molecule has 3 aromatic rings. The molecule has 0 fully saturated rings. The number of ketones is 1. The molecule has 0 heterocycles. The highest BCUT2D eigenvalue weighted by Crippen LogP contribution is 2.25. The van der Waals surface area contributed by atoms with Crippen LogP contribution in [0.15, 0.2) is 60.7 Å². The van der Waals surface area contributed by atoms with E-state index in [2.05, 4.69) is 0 Å². The summed E-state index contributed by atoms with van der Waals surface area (Å²) in [6.45, 7) is 0. The van der Waals surface area contributed by atoms with E-state index in [4.69, 9.17) is 4.74 Å². The molecule has 0 saturated heterocycles. The topological polar surface area (TPSA) is 63.6 Å². The van der Waals surface area contributed by atoms with Gasteiger partial charge in [-0.25, -0.2) is 4.79 Å². The van der Waals surface area contributed by atoms with Gasteiger partial charge in [-0.1, -0.05) is 30.3 Å². The van der Waals surface area contributed by atoms with Crippen LogP contribution in [0.2, 0.25) is 0 Å². The van der Waals surface area contributed by atoms with Crippen molar-refractivity contribution < 1.29 is 19.4 Å². The molecule has 0 amide bonds. The molecule has 0 unspecified atom stereocenters. The van der Waals surface area contributed by atoms with Gasteiger partial charge < -0.3 is 9.84 Å². The molecule has 0 aliphatic carbocycles. The summed E-state index contributed by atoms with van der Waals surface area (Å²) >= 11 is 0. The molecule has 23 heavy (non-hydrogen) atoms. The Balaban J connectivity index is 2.16. The molecular formula is C19H14O4. The molecule has 114 valence electrons. The van der Waals surface area contributed by atoms with Crippen molar-refractivity contribution in [1.82, 2.24) is 0 Å². The van der Waals surface area contributed by atoms with Gasteiger partial charge in [-0.2, -0.15) is 0 Å². The molecule has 4 heteroatoms. The monoisotopic (exact) mass is 306 g/mol. The summed E-state index contributed by atoms with van der Waals surface area (Å²) in [5.74, 6) is -0.798. The minimum Gasteiger partial charge on any atom is -0.497 e. The molecule has 0 bridgehead atoms. The molecule has 0 atom stereocenters. The lowest BCUT2D eigenvalue weighted by atomic mass is 9.93. The van der Waals surface area contributed by atoms with Crippen LogP contribution >= 0.6 is 0 Å². The van der Waals surface area contributed by atoms with E-state index in [0.29, 0.717) is 16.7 Å². The van der Waals surface area contributed by atoms with Gasteiger partial charge in [0, 0.05) is 11.1 Å². The number of ether oxygens (including phenoxy) is 1. The number of hydrogen-bond donors (Lipinski definition) is 1. The molecular weight excluding hydrogens is 292 g/mol. The zero-order valence-electron chi connectivity index (χ0n) is 12.4. The van der Waals surface area contributed by atoms with E-state index in [9.17, 15) is 14.7 Å². The van der Waals surface area contributed by atoms with Gasteiger partial charge in [-0.15, -0.1) is 0 Å². The van der Waals surface area contributed by atoms with Crippen LogP contribution in [0.25, 0.3) is 10.8 Å². The van der Waals surface area contributed by atoms with Crippen LogP contribution in [0, 0.1) is 0 Å². The van der Waals surface area contributed by atoms with Crippen LogP contribution in [0.4, 0.5) is 0 Å². The number of rotatable bonds is 4. The Morgan fingerprint density at radius 1 is 0.913 bits per heavy atom. The number of carboxylic acids is 1. The predicted octanol–water partition coefficient (Wildman–Crippen LogP) is 3.78. The number of carboxylic acid groups (broad SMARTS) is 1. The summed E-state index contributed by atoms with van der Waals surface area (Å²) in [5, 5.41) is 10.9. The van der Waals surface area contributed by atoms with Crippen LogP contribution < -0.4 is 4.74 Å². The van der Waals surface area contributed by atoms with Crippen molar-refractivity contribution in [3.8, 4) is 5.75 Å². The Kier molecular flexibility index (Phi) is 3.81. The van der Waals surface area contributed by atoms with E-state index in [1.165, 1.54) is 0 Å². The normalized spacial score (nSPS) is 10.5. The lowest BCUT2D eigenvalue weighted by Gasteiger charge is -2.09.